The molecule has 0 spiro atoms. The van der Waals surface area contributed by atoms with Crippen LogP contribution >= 0.6 is 0 Å². The van der Waals surface area contributed by atoms with E-state index in [9.17, 15) is 5.11 Å². The summed E-state index contributed by atoms with van der Waals surface area (Å²) >= 11 is 0. The molecule has 0 aliphatic carbocycles. The Kier molecular flexibility index (Phi) is 13.5. The molecule has 3 nitrogen and oxygen atoms in total. The molecular formula is C18H39NO2. The minimum Gasteiger partial charge on any atom is -0.389 e. The molecule has 128 valence electrons. The van der Waals surface area contributed by atoms with Gasteiger partial charge in [-0.15, -0.1) is 0 Å². The summed E-state index contributed by atoms with van der Waals surface area (Å²) in [6.45, 7) is 13.0. The summed E-state index contributed by atoms with van der Waals surface area (Å²) in [6.07, 6.45) is 6.92. The molecule has 0 saturated heterocycles. The van der Waals surface area contributed by atoms with Crippen LogP contribution in [0.15, 0.2) is 0 Å². The van der Waals surface area contributed by atoms with Gasteiger partial charge in [0.1, 0.15) is 0 Å². The summed E-state index contributed by atoms with van der Waals surface area (Å²) in [5.74, 6) is 1.39. The maximum absolute atomic E-state index is 9.96. The van der Waals surface area contributed by atoms with Gasteiger partial charge >= 0.3 is 0 Å². The van der Waals surface area contributed by atoms with E-state index in [1.165, 1.54) is 38.5 Å². The zero-order valence-electron chi connectivity index (χ0n) is 15.0. The summed E-state index contributed by atoms with van der Waals surface area (Å²) < 4.78 is 5.69. The second-order valence-electron chi connectivity index (χ2n) is 6.67. The maximum atomic E-state index is 9.96. The number of nitrogens with one attached hydrogen (secondary N) is 1. The Morgan fingerprint density at radius 2 is 1.76 bits per heavy atom. The highest BCUT2D eigenvalue weighted by atomic mass is 16.5. The van der Waals surface area contributed by atoms with E-state index < -0.39 is 6.10 Å². The van der Waals surface area contributed by atoms with Crippen LogP contribution in [0.3, 0.4) is 0 Å². The molecule has 0 saturated carbocycles. The SMILES string of the molecule is CCCCC(CC)COCC(O)CNC(C)CC(C)CC. The number of aliphatic hydroxyl groups is 1. The molecule has 0 aromatic heterocycles. The second-order valence-corrected chi connectivity index (χ2v) is 6.67. The Morgan fingerprint density at radius 1 is 1.05 bits per heavy atom. The molecule has 21 heavy (non-hydrogen) atoms. The number of ether oxygens (including phenoxy) is 1. The fourth-order valence-corrected chi connectivity index (χ4v) is 2.52. The van der Waals surface area contributed by atoms with Crippen LogP contribution in [0.5, 0.6) is 0 Å². The standard InChI is InChI=1S/C18H39NO2/c1-6-9-10-17(8-3)13-21-14-18(20)12-19-16(5)11-15(4)7-2/h15-20H,6-14H2,1-5H3. The predicted molar refractivity (Wildman–Crippen MR) is 91.7 cm³/mol. The molecule has 0 fully saturated rings. The molecule has 0 heterocycles. The Morgan fingerprint density at radius 3 is 2.33 bits per heavy atom. The number of hydrogen-bond donors (Lipinski definition) is 2. The molecule has 0 aliphatic heterocycles. The lowest BCUT2D eigenvalue weighted by Crippen LogP contribution is -2.37. The lowest BCUT2D eigenvalue weighted by Gasteiger charge is -2.20. The average molecular weight is 302 g/mol. The van der Waals surface area contributed by atoms with E-state index in [0.29, 0.717) is 25.1 Å². The van der Waals surface area contributed by atoms with Gasteiger partial charge in [-0.2, -0.15) is 0 Å². The molecule has 0 aromatic carbocycles. The van der Waals surface area contributed by atoms with Gasteiger partial charge in [0.15, 0.2) is 0 Å². The summed E-state index contributed by atoms with van der Waals surface area (Å²) in [5, 5.41) is 13.4. The fraction of sp³-hybridized carbons (Fsp3) is 1.00. The van der Waals surface area contributed by atoms with Gasteiger partial charge in [-0.3, -0.25) is 0 Å². The lowest BCUT2D eigenvalue weighted by molar-refractivity contribution is 0.0182. The van der Waals surface area contributed by atoms with Crippen LogP contribution in [0.2, 0.25) is 0 Å². The third-order valence-corrected chi connectivity index (χ3v) is 4.36. The fourth-order valence-electron chi connectivity index (χ4n) is 2.52. The Labute approximate surface area is 132 Å². The first-order valence-electron chi connectivity index (χ1n) is 9.02. The first kappa shape index (κ1) is 20.9. The van der Waals surface area contributed by atoms with Crippen molar-refractivity contribution < 1.29 is 9.84 Å². The molecular weight excluding hydrogens is 262 g/mol. The van der Waals surface area contributed by atoms with Crippen molar-refractivity contribution in [1.82, 2.24) is 5.32 Å². The van der Waals surface area contributed by atoms with Gasteiger partial charge in [-0.05, 0) is 31.6 Å². The minimum atomic E-state index is -0.395. The van der Waals surface area contributed by atoms with Gasteiger partial charge in [0, 0.05) is 19.2 Å². The number of aliphatic hydroxyl groups excluding tert-OH is 1. The van der Waals surface area contributed by atoms with Crippen molar-refractivity contribution in [2.24, 2.45) is 11.8 Å². The van der Waals surface area contributed by atoms with Crippen molar-refractivity contribution in [3.63, 3.8) is 0 Å². The third-order valence-electron chi connectivity index (χ3n) is 4.36. The topological polar surface area (TPSA) is 41.5 Å². The highest BCUT2D eigenvalue weighted by molar-refractivity contribution is 4.68. The molecule has 3 heteroatoms. The summed E-state index contributed by atoms with van der Waals surface area (Å²) in [5.41, 5.74) is 0. The molecule has 0 rings (SSSR count). The minimum absolute atomic E-state index is 0.395. The molecule has 0 bridgehead atoms. The highest BCUT2D eigenvalue weighted by Crippen LogP contribution is 2.13. The Hall–Kier alpha value is -0.120. The zero-order chi connectivity index (χ0) is 16.1. The zero-order valence-corrected chi connectivity index (χ0v) is 15.0. The van der Waals surface area contributed by atoms with E-state index in [0.717, 1.165) is 12.5 Å². The van der Waals surface area contributed by atoms with Crippen LogP contribution in [0, 0.1) is 11.8 Å². The molecule has 0 aromatic rings. The van der Waals surface area contributed by atoms with Gasteiger partial charge in [0.25, 0.3) is 0 Å². The first-order valence-corrected chi connectivity index (χ1v) is 9.02. The van der Waals surface area contributed by atoms with E-state index in [4.69, 9.17) is 4.74 Å². The lowest BCUT2D eigenvalue weighted by atomic mass is 10.0. The molecule has 0 aliphatic rings. The molecule has 0 amide bonds. The molecule has 4 atom stereocenters. The predicted octanol–water partition coefficient (Wildman–Crippen LogP) is 3.99. The van der Waals surface area contributed by atoms with Gasteiger partial charge < -0.3 is 15.2 Å². The van der Waals surface area contributed by atoms with E-state index in [1.54, 1.807) is 0 Å². The Balaban J connectivity index is 3.67. The van der Waals surface area contributed by atoms with Crippen molar-refractivity contribution in [2.75, 3.05) is 19.8 Å². The van der Waals surface area contributed by atoms with Gasteiger partial charge in [0.05, 0.1) is 12.7 Å². The van der Waals surface area contributed by atoms with Gasteiger partial charge in [-0.1, -0.05) is 53.4 Å². The van der Waals surface area contributed by atoms with Crippen LogP contribution in [-0.2, 0) is 4.74 Å². The molecule has 2 N–H and O–H groups in total. The first-order chi connectivity index (χ1) is 10.0. The molecule has 4 unspecified atom stereocenters. The number of hydrogen-bond acceptors (Lipinski definition) is 3. The third kappa shape index (κ3) is 12.1. The highest BCUT2D eigenvalue weighted by Gasteiger charge is 2.11. The van der Waals surface area contributed by atoms with E-state index in [1.807, 2.05) is 0 Å². The van der Waals surface area contributed by atoms with Crippen LogP contribution in [0.1, 0.15) is 73.1 Å². The van der Waals surface area contributed by atoms with Crippen LogP contribution in [0.4, 0.5) is 0 Å². The average Bonchev–Trinajstić information content (AvgIpc) is 2.48. The van der Waals surface area contributed by atoms with E-state index in [-0.39, 0.29) is 0 Å². The van der Waals surface area contributed by atoms with Crippen LogP contribution in [0.25, 0.3) is 0 Å². The van der Waals surface area contributed by atoms with E-state index in [2.05, 4.69) is 39.9 Å². The second kappa shape index (κ2) is 13.5. The van der Waals surface area contributed by atoms with Crippen molar-refractivity contribution >= 4 is 0 Å². The van der Waals surface area contributed by atoms with Crippen LogP contribution < -0.4 is 5.32 Å². The largest absolute Gasteiger partial charge is 0.389 e. The van der Waals surface area contributed by atoms with Gasteiger partial charge in [-0.25, -0.2) is 0 Å². The van der Waals surface area contributed by atoms with Crippen molar-refractivity contribution in [3.05, 3.63) is 0 Å². The number of rotatable bonds is 14. The Bertz CT molecular complexity index is 223. The van der Waals surface area contributed by atoms with E-state index >= 15 is 0 Å². The number of unbranched alkanes of at least 4 members (excludes halogenated alkanes) is 1. The monoisotopic (exact) mass is 301 g/mol. The summed E-state index contributed by atoms with van der Waals surface area (Å²) in [6, 6.07) is 0.461. The van der Waals surface area contributed by atoms with Crippen molar-refractivity contribution in [3.8, 4) is 0 Å². The smallest absolute Gasteiger partial charge is 0.0897 e. The molecule has 0 radical (unpaired) electrons. The van der Waals surface area contributed by atoms with Gasteiger partial charge in [0.2, 0.25) is 0 Å². The quantitative estimate of drug-likeness (QED) is 0.509. The summed E-state index contributed by atoms with van der Waals surface area (Å²) in [7, 11) is 0. The van der Waals surface area contributed by atoms with Crippen LogP contribution in [-0.4, -0.2) is 37.0 Å². The van der Waals surface area contributed by atoms with Crippen molar-refractivity contribution in [2.45, 2.75) is 85.3 Å². The summed E-state index contributed by atoms with van der Waals surface area (Å²) in [4.78, 5) is 0. The maximum Gasteiger partial charge on any atom is 0.0897 e. The van der Waals surface area contributed by atoms with Crippen molar-refractivity contribution in [1.29, 1.82) is 0 Å². The normalized spacial score (nSPS) is 17.4.